The molecule has 1 N–H and O–H groups in total. The van der Waals surface area contributed by atoms with Crippen LogP contribution in [-0.4, -0.2) is 42.4 Å². The number of pyridine rings is 1. The standard InChI is InChI=1S/C13H16N2O4/c1-8-9-6-10(13(16)17)12(14-11(9)7-19-8)15-2-4-18-5-3-15/h6,8H,2-5,7H2,1H3,(H,16,17). The average Bonchev–Trinajstić information content (AvgIpc) is 2.79. The van der Waals surface area contributed by atoms with Crippen LogP contribution < -0.4 is 4.90 Å². The molecular formula is C13H16N2O4. The second kappa shape index (κ2) is 4.79. The molecule has 6 heteroatoms. The summed E-state index contributed by atoms with van der Waals surface area (Å²) in [4.78, 5) is 17.9. The highest BCUT2D eigenvalue weighted by Gasteiger charge is 2.27. The van der Waals surface area contributed by atoms with Crippen molar-refractivity contribution in [3.8, 4) is 0 Å². The van der Waals surface area contributed by atoms with Crippen LogP contribution in [0.2, 0.25) is 0 Å². The third kappa shape index (κ3) is 2.17. The van der Waals surface area contributed by atoms with Crippen molar-refractivity contribution in [1.82, 2.24) is 4.98 Å². The number of aromatic nitrogens is 1. The molecule has 0 aliphatic carbocycles. The Morgan fingerprint density at radius 3 is 2.89 bits per heavy atom. The summed E-state index contributed by atoms with van der Waals surface area (Å²) in [5.74, 6) is -0.414. The van der Waals surface area contributed by atoms with Crippen LogP contribution in [0.4, 0.5) is 5.82 Å². The molecule has 0 saturated carbocycles. The number of hydrogen-bond acceptors (Lipinski definition) is 5. The topological polar surface area (TPSA) is 71.9 Å². The van der Waals surface area contributed by atoms with Gasteiger partial charge in [-0.3, -0.25) is 0 Å². The lowest BCUT2D eigenvalue weighted by Crippen LogP contribution is -2.38. The fraction of sp³-hybridized carbons (Fsp3) is 0.538. The van der Waals surface area contributed by atoms with E-state index in [1.54, 1.807) is 6.07 Å². The lowest BCUT2D eigenvalue weighted by molar-refractivity contribution is 0.0695. The van der Waals surface area contributed by atoms with Crippen molar-refractivity contribution in [3.05, 3.63) is 22.9 Å². The maximum atomic E-state index is 11.4. The van der Waals surface area contributed by atoms with Crippen molar-refractivity contribution in [1.29, 1.82) is 0 Å². The molecular weight excluding hydrogens is 248 g/mol. The number of ether oxygens (including phenoxy) is 2. The molecule has 2 aliphatic heterocycles. The molecule has 19 heavy (non-hydrogen) atoms. The highest BCUT2D eigenvalue weighted by Crippen LogP contribution is 2.33. The summed E-state index contributed by atoms with van der Waals surface area (Å²) in [5.41, 5.74) is 1.98. The number of aromatic carboxylic acids is 1. The van der Waals surface area contributed by atoms with E-state index in [1.165, 1.54) is 0 Å². The molecule has 0 radical (unpaired) electrons. The van der Waals surface area contributed by atoms with Gasteiger partial charge in [0, 0.05) is 18.7 Å². The SMILES string of the molecule is CC1OCc2nc(N3CCOCC3)c(C(=O)O)cc21. The van der Waals surface area contributed by atoms with Crippen molar-refractivity contribution in [2.75, 3.05) is 31.2 Å². The van der Waals surface area contributed by atoms with E-state index in [-0.39, 0.29) is 11.7 Å². The summed E-state index contributed by atoms with van der Waals surface area (Å²) in [7, 11) is 0. The van der Waals surface area contributed by atoms with Crippen LogP contribution in [0.3, 0.4) is 0 Å². The first-order valence-electron chi connectivity index (χ1n) is 6.38. The Bertz CT molecular complexity index is 512. The van der Waals surface area contributed by atoms with Gasteiger partial charge in [-0.2, -0.15) is 0 Å². The number of rotatable bonds is 2. The summed E-state index contributed by atoms with van der Waals surface area (Å²) in [5, 5.41) is 9.38. The smallest absolute Gasteiger partial charge is 0.339 e. The molecule has 1 saturated heterocycles. The summed E-state index contributed by atoms with van der Waals surface area (Å²) in [6, 6.07) is 1.70. The summed E-state index contributed by atoms with van der Waals surface area (Å²) >= 11 is 0. The third-order valence-electron chi connectivity index (χ3n) is 3.56. The van der Waals surface area contributed by atoms with Crippen molar-refractivity contribution < 1.29 is 19.4 Å². The van der Waals surface area contributed by atoms with Gasteiger partial charge in [0.1, 0.15) is 11.4 Å². The highest BCUT2D eigenvalue weighted by molar-refractivity contribution is 5.93. The molecule has 2 aliphatic rings. The second-order valence-corrected chi connectivity index (χ2v) is 4.75. The molecule has 0 amide bonds. The van der Waals surface area contributed by atoms with Gasteiger partial charge in [0.05, 0.1) is 31.6 Å². The predicted octanol–water partition coefficient (Wildman–Crippen LogP) is 1.21. The number of hydrogen-bond donors (Lipinski definition) is 1. The fourth-order valence-electron chi connectivity index (χ4n) is 2.49. The minimum absolute atomic E-state index is 0.0839. The molecule has 1 fully saturated rings. The van der Waals surface area contributed by atoms with E-state index in [2.05, 4.69) is 4.98 Å². The molecule has 0 bridgehead atoms. The number of fused-ring (bicyclic) bond motifs is 1. The van der Waals surface area contributed by atoms with Gasteiger partial charge >= 0.3 is 5.97 Å². The number of carbonyl (C=O) groups is 1. The van der Waals surface area contributed by atoms with Crippen LogP contribution in [-0.2, 0) is 16.1 Å². The second-order valence-electron chi connectivity index (χ2n) is 4.75. The van der Waals surface area contributed by atoms with E-state index in [4.69, 9.17) is 9.47 Å². The first-order chi connectivity index (χ1) is 9.16. The third-order valence-corrected chi connectivity index (χ3v) is 3.56. The van der Waals surface area contributed by atoms with Crippen LogP contribution in [0, 0.1) is 0 Å². The molecule has 1 unspecified atom stereocenters. The zero-order chi connectivity index (χ0) is 13.4. The van der Waals surface area contributed by atoms with E-state index < -0.39 is 5.97 Å². The lowest BCUT2D eigenvalue weighted by atomic mass is 10.1. The Labute approximate surface area is 111 Å². The van der Waals surface area contributed by atoms with Crippen LogP contribution in [0.15, 0.2) is 6.07 Å². The van der Waals surface area contributed by atoms with Crippen molar-refractivity contribution in [3.63, 3.8) is 0 Å². The summed E-state index contributed by atoms with van der Waals surface area (Å²) in [6.45, 7) is 4.90. The Hall–Kier alpha value is -1.66. The number of nitrogens with zero attached hydrogens (tertiary/aromatic N) is 2. The largest absolute Gasteiger partial charge is 0.478 e. The minimum atomic E-state index is -0.948. The van der Waals surface area contributed by atoms with Gasteiger partial charge in [-0.05, 0) is 13.0 Å². The normalized spacial score (nSPS) is 22.4. The summed E-state index contributed by atoms with van der Waals surface area (Å²) in [6.07, 6.45) is -0.0839. The van der Waals surface area contributed by atoms with Crippen LogP contribution in [0.25, 0.3) is 0 Å². The molecule has 102 valence electrons. The molecule has 1 atom stereocenters. The molecule has 0 aromatic carbocycles. The van der Waals surface area contributed by atoms with Crippen molar-refractivity contribution in [2.24, 2.45) is 0 Å². The van der Waals surface area contributed by atoms with Crippen molar-refractivity contribution >= 4 is 11.8 Å². The van der Waals surface area contributed by atoms with E-state index in [9.17, 15) is 9.90 Å². The van der Waals surface area contributed by atoms with Crippen molar-refractivity contribution in [2.45, 2.75) is 19.6 Å². The first-order valence-corrected chi connectivity index (χ1v) is 6.38. The number of carboxylic acids is 1. The first kappa shape index (κ1) is 12.4. The molecule has 1 aromatic heterocycles. The van der Waals surface area contributed by atoms with Gasteiger partial charge in [-0.15, -0.1) is 0 Å². The zero-order valence-corrected chi connectivity index (χ0v) is 10.8. The molecule has 0 spiro atoms. The number of morpholine rings is 1. The quantitative estimate of drug-likeness (QED) is 0.865. The van der Waals surface area contributed by atoms with Gasteiger partial charge in [0.25, 0.3) is 0 Å². The van der Waals surface area contributed by atoms with E-state index in [0.717, 1.165) is 11.3 Å². The maximum Gasteiger partial charge on any atom is 0.339 e. The van der Waals surface area contributed by atoms with E-state index >= 15 is 0 Å². The Kier molecular flexibility index (Phi) is 3.12. The van der Waals surface area contributed by atoms with Gasteiger partial charge < -0.3 is 19.5 Å². The Morgan fingerprint density at radius 2 is 2.21 bits per heavy atom. The van der Waals surface area contributed by atoms with E-state index in [0.29, 0.717) is 38.7 Å². The predicted molar refractivity (Wildman–Crippen MR) is 67.4 cm³/mol. The monoisotopic (exact) mass is 264 g/mol. The van der Waals surface area contributed by atoms with Gasteiger partial charge in [-0.1, -0.05) is 0 Å². The fourth-order valence-corrected chi connectivity index (χ4v) is 2.49. The maximum absolute atomic E-state index is 11.4. The number of carboxylic acid groups (broad SMARTS) is 1. The minimum Gasteiger partial charge on any atom is -0.478 e. The molecule has 1 aromatic rings. The zero-order valence-electron chi connectivity index (χ0n) is 10.8. The van der Waals surface area contributed by atoms with Gasteiger partial charge in [-0.25, -0.2) is 9.78 Å². The Morgan fingerprint density at radius 1 is 1.47 bits per heavy atom. The van der Waals surface area contributed by atoms with Crippen LogP contribution in [0.5, 0.6) is 0 Å². The average molecular weight is 264 g/mol. The van der Waals surface area contributed by atoms with E-state index in [1.807, 2.05) is 11.8 Å². The number of anilines is 1. The van der Waals surface area contributed by atoms with Gasteiger partial charge in [0.15, 0.2) is 0 Å². The van der Waals surface area contributed by atoms with Crippen LogP contribution in [0.1, 0.15) is 34.6 Å². The van der Waals surface area contributed by atoms with Crippen LogP contribution >= 0.6 is 0 Å². The summed E-state index contributed by atoms with van der Waals surface area (Å²) < 4.78 is 10.8. The molecule has 3 rings (SSSR count). The highest BCUT2D eigenvalue weighted by atomic mass is 16.5. The molecule has 3 heterocycles. The molecule has 6 nitrogen and oxygen atoms in total. The van der Waals surface area contributed by atoms with Gasteiger partial charge in [0.2, 0.25) is 0 Å². The lowest BCUT2D eigenvalue weighted by Gasteiger charge is -2.29. The Balaban J connectivity index is 2.04.